The van der Waals surface area contributed by atoms with Crippen LogP contribution in [0.5, 0.6) is 0 Å². The Morgan fingerprint density at radius 1 is 1.54 bits per heavy atom. The Balaban J connectivity index is 2.28. The highest BCUT2D eigenvalue weighted by Crippen LogP contribution is 2.06. The third-order valence-electron chi connectivity index (χ3n) is 1.44. The van der Waals surface area contributed by atoms with Gasteiger partial charge in [0.05, 0.1) is 12.4 Å². The van der Waals surface area contributed by atoms with E-state index in [-0.39, 0.29) is 0 Å². The summed E-state index contributed by atoms with van der Waals surface area (Å²) < 4.78 is 4.90. The Labute approximate surface area is 82.3 Å². The Morgan fingerprint density at radius 3 is 3.08 bits per heavy atom. The fourth-order valence-electron chi connectivity index (χ4n) is 0.860. The number of aromatic nitrogens is 2. The fourth-order valence-corrected chi connectivity index (χ4v) is 1.01. The summed E-state index contributed by atoms with van der Waals surface area (Å²) in [4.78, 5) is 7.92. The molecule has 0 amide bonds. The molecule has 0 radical (unpaired) electrons. The average Bonchev–Trinajstić information content (AvgIpc) is 2.13. The molecule has 1 aromatic heterocycles. The smallest absolute Gasteiger partial charge is 0.149 e. The molecule has 0 saturated carbocycles. The molecule has 1 heterocycles. The number of nitrogens with one attached hydrogen (secondary N) is 1. The molecule has 0 unspecified atom stereocenters. The van der Waals surface area contributed by atoms with Crippen molar-refractivity contribution in [1.29, 1.82) is 0 Å². The standard InChI is InChI=1S/C8H12ClN3O/c1-13-4-2-3-11-8-6-10-5-7(9)12-8/h5-6H,2-4H2,1H3,(H,11,12). The van der Waals surface area contributed by atoms with Crippen molar-refractivity contribution in [2.24, 2.45) is 0 Å². The van der Waals surface area contributed by atoms with Gasteiger partial charge in [0.25, 0.3) is 0 Å². The van der Waals surface area contributed by atoms with Gasteiger partial charge in [0.1, 0.15) is 11.0 Å². The van der Waals surface area contributed by atoms with E-state index in [1.807, 2.05) is 0 Å². The van der Waals surface area contributed by atoms with Crippen molar-refractivity contribution in [3.8, 4) is 0 Å². The van der Waals surface area contributed by atoms with E-state index in [0.29, 0.717) is 11.0 Å². The SMILES string of the molecule is COCCCNc1cncc(Cl)n1. The van der Waals surface area contributed by atoms with E-state index < -0.39 is 0 Å². The second-order valence-corrected chi connectivity index (χ2v) is 2.89. The van der Waals surface area contributed by atoms with Crippen LogP contribution < -0.4 is 5.32 Å². The third kappa shape index (κ3) is 4.05. The van der Waals surface area contributed by atoms with E-state index in [1.54, 1.807) is 13.3 Å². The van der Waals surface area contributed by atoms with Gasteiger partial charge in [-0.2, -0.15) is 0 Å². The number of anilines is 1. The predicted octanol–water partition coefficient (Wildman–Crippen LogP) is 1.58. The van der Waals surface area contributed by atoms with Crippen LogP contribution in [0.25, 0.3) is 0 Å². The normalized spacial score (nSPS) is 10.0. The average molecular weight is 202 g/mol. The van der Waals surface area contributed by atoms with Gasteiger partial charge >= 0.3 is 0 Å². The van der Waals surface area contributed by atoms with Crippen molar-refractivity contribution in [2.45, 2.75) is 6.42 Å². The maximum Gasteiger partial charge on any atom is 0.149 e. The number of ether oxygens (including phenoxy) is 1. The zero-order valence-corrected chi connectivity index (χ0v) is 8.21. The molecule has 72 valence electrons. The molecule has 0 saturated heterocycles. The Kier molecular flexibility index (Phi) is 4.49. The van der Waals surface area contributed by atoms with Crippen molar-refractivity contribution < 1.29 is 4.74 Å². The first-order chi connectivity index (χ1) is 6.33. The lowest BCUT2D eigenvalue weighted by molar-refractivity contribution is 0.197. The summed E-state index contributed by atoms with van der Waals surface area (Å²) in [6.45, 7) is 1.55. The third-order valence-corrected chi connectivity index (χ3v) is 1.62. The fraction of sp³-hybridized carbons (Fsp3) is 0.500. The molecule has 4 nitrogen and oxygen atoms in total. The van der Waals surface area contributed by atoms with E-state index in [0.717, 1.165) is 19.6 Å². The number of methoxy groups -OCH3 is 1. The van der Waals surface area contributed by atoms with E-state index in [2.05, 4.69) is 15.3 Å². The quantitative estimate of drug-likeness (QED) is 0.735. The van der Waals surface area contributed by atoms with Gasteiger partial charge in [-0.15, -0.1) is 0 Å². The molecule has 5 heteroatoms. The Bertz CT molecular complexity index is 257. The zero-order chi connectivity index (χ0) is 9.52. The first-order valence-electron chi connectivity index (χ1n) is 4.03. The lowest BCUT2D eigenvalue weighted by atomic mass is 10.4. The topological polar surface area (TPSA) is 47.0 Å². The molecular weight excluding hydrogens is 190 g/mol. The first kappa shape index (κ1) is 10.2. The van der Waals surface area contributed by atoms with Crippen molar-refractivity contribution in [3.63, 3.8) is 0 Å². The summed E-state index contributed by atoms with van der Waals surface area (Å²) in [6.07, 6.45) is 4.07. The highest BCUT2D eigenvalue weighted by Gasteiger charge is 1.94. The molecule has 0 atom stereocenters. The van der Waals surface area contributed by atoms with E-state index in [9.17, 15) is 0 Å². The summed E-state index contributed by atoms with van der Waals surface area (Å²) in [7, 11) is 1.68. The molecule has 13 heavy (non-hydrogen) atoms. The number of nitrogens with zero attached hydrogens (tertiary/aromatic N) is 2. The summed E-state index contributed by atoms with van der Waals surface area (Å²) in [5.41, 5.74) is 0. The van der Waals surface area contributed by atoms with Crippen LogP contribution in [-0.2, 0) is 4.74 Å². The summed E-state index contributed by atoms with van der Waals surface area (Å²) in [5, 5.41) is 3.48. The number of rotatable bonds is 5. The largest absolute Gasteiger partial charge is 0.385 e. The van der Waals surface area contributed by atoms with Crippen LogP contribution >= 0.6 is 11.6 Å². The van der Waals surface area contributed by atoms with Gasteiger partial charge in [0.2, 0.25) is 0 Å². The molecule has 0 fully saturated rings. The van der Waals surface area contributed by atoms with Crippen LogP contribution in [0, 0.1) is 0 Å². The summed E-state index contributed by atoms with van der Waals surface area (Å²) in [6, 6.07) is 0. The lowest BCUT2D eigenvalue weighted by Crippen LogP contribution is -2.06. The van der Waals surface area contributed by atoms with Crippen LogP contribution in [0.4, 0.5) is 5.82 Å². The maximum absolute atomic E-state index is 5.65. The summed E-state index contributed by atoms with van der Waals surface area (Å²) >= 11 is 5.65. The monoisotopic (exact) mass is 201 g/mol. The molecule has 0 aromatic carbocycles. The molecule has 0 spiro atoms. The van der Waals surface area contributed by atoms with Gasteiger partial charge < -0.3 is 10.1 Å². The van der Waals surface area contributed by atoms with Gasteiger partial charge in [-0.3, -0.25) is 4.98 Å². The molecule has 1 aromatic rings. The van der Waals surface area contributed by atoms with Crippen molar-refractivity contribution in [2.75, 3.05) is 25.6 Å². The van der Waals surface area contributed by atoms with E-state index in [4.69, 9.17) is 16.3 Å². The minimum Gasteiger partial charge on any atom is -0.385 e. The molecule has 1 N–H and O–H groups in total. The lowest BCUT2D eigenvalue weighted by Gasteiger charge is -2.03. The summed E-state index contributed by atoms with van der Waals surface area (Å²) in [5.74, 6) is 0.698. The Morgan fingerprint density at radius 2 is 2.38 bits per heavy atom. The second kappa shape index (κ2) is 5.72. The number of hydrogen-bond acceptors (Lipinski definition) is 4. The minimum absolute atomic E-state index is 0.400. The van der Waals surface area contributed by atoms with E-state index >= 15 is 0 Å². The van der Waals surface area contributed by atoms with Crippen molar-refractivity contribution in [3.05, 3.63) is 17.5 Å². The Hall–Kier alpha value is -0.870. The molecule has 0 aliphatic rings. The van der Waals surface area contributed by atoms with Crippen LogP contribution in [0.2, 0.25) is 5.15 Å². The molecule has 1 rings (SSSR count). The number of hydrogen-bond donors (Lipinski definition) is 1. The van der Waals surface area contributed by atoms with Gasteiger partial charge in [-0.1, -0.05) is 11.6 Å². The highest BCUT2D eigenvalue weighted by atomic mass is 35.5. The van der Waals surface area contributed by atoms with Gasteiger partial charge in [0, 0.05) is 20.3 Å². The van der Waals surface area contributed by atoms with Crippen molar-refractivity contribution >= 4 is 17.4 Å². The van der Waals surface area contributed by atoms with Crippen molar-refractivity contribution in [1.82, 2.24) is 9.97 Å². The van der Waals surface area contributed by atoms with Gasteiger partial charge in [-0.05, 0) is 6.42 Å². The number of halogens is 1. The second-order valence-electron chi connectivity index (χ2n) is 2.50. The van der Waals surface area contributed by atoms with Crippen LogP contribution in [-0.4, -0.2) is 30.2 Å². The molecule has 0 aliphatic heterocycles. The minimum atomic E-state index is 0.400. The van der Waals surface area contributed by atoms with Crippen LogP contribution in [0.1, 0.15) is 6.42 Å². The van der Waals surface area contributed by atoms with Crippen LogP contribution in [0.15, 0.2) is 12.4 Å². The molecule has 0 aliphatic carbocycles. The van der Waals surface area contributed by atoms with E-state index in [1.165, 1.54) is 6.20 Å². The molecule has 0 bridgehead atoms. The maximum atomic E-state index is 5.65. The zero-order valence-electron chi connectivity index (χ0n) is 7.46. The van der Waals surface area contributed by atoms with Gasteiger partial charge in [-0.25, -0.2) is 4.98 Å². The van der Waals surface area contributed by atoms with Crippen LogP contribution in [0.3, 0.4) is 0 Å². The predicted molar refractivity (Wildman–Crippen MR) is 52.0 cm³/mol. The highest BCUT2D eigenvalue weighted by molar-refractivity contribution is 6.29. The van der Waals surface area contributed by atoms with Gasteiger partial charge in [0.15, 0.2) is 0 Å². The molecular formula is C8H12ClN3O. The first-order valence-corrected chi connectivity index (χ1v) is 4.41.